The Morgan fingerprint density at radius 3 is 2.24 bits per heavy atom. The lowest BCUT2D eigenvalue weighted by Gasteiger charge is -2.04. The van der Waals surface area contributed by atoms with Crippen LogP contribution >= 0.6 is 0 Å². The van der Waals surface area contributed by atoms with Crippen LogP contribution in [0.5, 0.6) is 0 Å². The molecule has 0 bridgehead atoms. The van der Waals surface area contributed by atoms with E-state index >= 15 is 0 Å². The van der Waals surface area contributed by atoms with Gasteiger partial charge in [0.15, 0.2) is 0 Å². The topological polar surface area (TPSA) is 52.6 Å². The molecule has 98 valence electrons. The van der Waals surface area contributed by atoms with E-state index in [1.54, 1.807) is 0 Å². The zero-order chi connectivity index (χ0) is 13.1. The summed E-state index contributed by atoms with van der Waals surface area (Å²) in [6, 6.07) is 0. The summed E-state index contributed by atoms with van der Waals surface area (Å²) in [7, 11) is 0. The molecular formula is C13H22O4. The maximum atomic E-state index is 11.0. The third-order valence-corrected chi connectivity index (χ3v) is 2.24. The van der Waals surface area contributed by atoms with Crippen molar-refractivity contribution in [3.8, 4) is 0 Å². The third-order valence-electron chi connectivity index (χ3n) is 2.24. The molecular weight excluding hydrogens is 220 g/mol. The predicted octanol–water partition coefficient (Wildman–Crippen LogP) is 3.60. The van der Waals surface area contributed by atoms with Crippen molar-refractivity contribution in [3.63, 3.8) is 0 Å². The molecule has 0 aromatic carbocycles. The Balaban J connectivity index is 3.39. The lowest BCUT2D eigenvalue weighted by Crippen LogP contribution is -2.14. The molecule has 0 unspecified atom stereocenters. The van der Waals surface area contributed by atoms with Gasteiger partial charge in [0.25, 0.3) is 0 Å². The van der Waals surface area contributed by atoms with Gasteiger partial charge in [-0.25, -0.2) is 9.59 Å². The van der Waals surface area contributed by atoms with Gasteiger partial charge in [-0.1, -0.05) is 45.6 Å². The molecule has 4 heteroatoms. The van der Waals surface area contributed by atoms with Crippen molar-refractivity contribution in [3.05, 3.63) is 12.2 Å². The van der Waals surface area contributed by atoms with Gasteiger partial charge in [-0.3, -0.25) is 0 Å². The second kappa shape index (κ2) is 9.87. The number of esters is 1. The Bertz CT molecular complexity index is 258. The maximum absolute atomic E-state index is 11.0. The molecule has 0 aliphatic heterocycles. The van der Waals surface area contributed by atoms with Crippen LogP contribution in [0.1, 0.15) is 52.4 Å². The van der Waals surface area contributed by atoms with Crippen LogP contribution in [-0.4, -0.2) is 18.7 Å². The fourth-order valence-electron chi connectivity index (χ4n) is 1.23. The van der Waals surface area contributed by atoms with Gasteiger partial charge in [0.05, 0.1) is 6.61 Å². The summed E-state index contributed by atoms with van der Waals surface area (Å²) < 4.78 is 9.10. The summed E-state index contributed by atoms with van der Waals surface area (Å²) in [4.78, 5) is 21.9. The standard InChI is InChI=1S/C13H22O4/c1-4-5-6-7-8-9-10-16-13(15)17-12(14)11(2)3/h2,4-10H2,1,3H3. The molecule has 0 N–H and O–H groups in total. The average molecular weight is 242 g/mol. The molecule has 0 aliphatic carbocycles. The van der Waals surface area contributed by atoms with Gasteiger partial charge in [0.2, 0.25) is 0 Å². The Morgan fingerprint density at radius 2 is 1.65 bits per heavy atom. The Hall–Kier alpha value is -1.32. The van der Waals surface area contributed by atoms with E-state index in [2.05, 4.69) is 18.2 Å². The number of hydrogen-bond donors (Lipinski definition) is 0. The minimum absolute atomic E-state index is 0.182. The number of rotatable bonds is 8. The van der Waals surface area contributed by atoms with Crippen LogP contribution in [0.25, 0.3) is 0 Å². The largest absolute Gasteiger partial charge is 0.516 e. The summed E-state index contributed by atoms with van der Waals surface area (Å²) in [5, 5.41) is 0. The highest BCUT2D eigenvalue weighted by atomic mass is 16.7. The molecule has 0 spiro atoms. The zero-order valence-corrected chi connectivity index (χ0v) is 10.8. The SMILES string of the molecule is C=C(C)C(=O)OC(=O)OCCCCCCCC. The number of ether oxygens (including phenoxy) is 2. The first-order valence-corrected chi connectivity index (χ1v) is 6.12. The van der Waals surface area contributed by atoms with Gasteiger partial charge < -0.3 is 9.47 Å². The van der Waals surface area contributed by atoms with Gasteiger partial charge in [-0.05, 0) is 13.3 Å². The van der Waals surface area contributed by atoms with E-state index in [1.807, 2.05) is 0 Å². The summed E-state index contributed by atoms with van der Waals surface area (Å²) in [5.41, 5.74) is 0.182. The highest BCUT2D eigenvalue weighted by Gasteiger charge is 2.11. The van der Waals surface area contributed by atoms with E-state index in [9.17, 15) is 9.59 Å². The molecule has 0 fully saturated rings. The lowest BCUT2D eigenvalue weighted by atomic mass is 10.1. The molecule has 0 radical (unpaired) electrons. The van der Waals surface area contributed by atoms with Gasteiger partial charge >= 0.3 is 12.1 Å². The van der Waals surface area contributed by atoms with E-state index in [4.69, 9.17) is 4.74 Å². The Kier molecular flexibility index (Phi) is 9.11. The van der Waals surface area contributed by atoms with Crippen molar-refractivity contribution >= 4 is 12.1 Å². The first-order chi connectivity index (χ1) is 8.07. The molecule has 0 atom stereocenters. The minimum Gasteiger partial charge on any atom is -0.434 e. The van der Waals surface area contributed by atoms with Crippen LogP contribution < -0.4 is 0 Å². The van der Waals surface area contributed by atoms with Crippen LogP contribution in [0.2, 0.25) is 0 Å². The fraction of sp³-hybridized carbons (Fsp3) is 0.692. The summed E-state index contributed by atoms with van der Waals surface area (Å²) >= 11 is 0. The smallest absolute Gasteiger partial charge is 0.434 e. The number of unbranched alkanes of at least 4 members (excludes halogenated alkanes) is 5. The molecule has 0 heterocycles. The number of carbonyl (C=O) groups is 2. The molecule has 4 nitrogen and oxygen atoms in total. The van der Waals surface area contributed by atoms with Crippen molar-refractivity contribution < 1.29 is 19.1 Å². The van der Waals surface area contributed by atoms with E-state index in [1.165, 1.54) is 26.2 Å². The van der Waals surface area contributed by atoms with E-state index < -0.39 is 12.1 Å². The second-order valence-electron chi connectivity index (χ2n) is 4.04. The highest BCUT2D eigenvalue weighted by Crippen LogP contribution is 2.05. The van der Waals surface area contributed by atoms with Crippen molar-refractivity contribution in [1.29, 1.82) is 0 Å². The van der Waals surface area contributed by atoms with Crippen molar-refractivity contribution in [2.24, 2.45) is 0 Å². The maximum Gasteiger partial charge on any atom is 0.516 e. The van der Waals surface area contributed by atoms with Gasteiger partial charge in [0.1, 0.15) is 0 Å². The Morgan fingerprint density at radius 1 is 1.06 bits per heavy atom. The summed E-state index contributed by atoms with van der Waals surface area (Å²) in [6.07, 6.45) is 5.72. The first-order valence-electron chi connectivity index (χ1n) is 6.12. The molecule has 17 heavy (non-hydrogen) atoms. The summed E-state index contributed by atoms with van der Waals surface area (Å²) in [6.45, 7) is 7.30. The third kappa shape index (κ3) is 9.60. The van der Waals surface area contributed by atoms with E-state index in [0.29, 0.717) is 6.61 Å². The quantitative estimate of drug-likeness (QED) is 0.282. The molecule has 0 saturated heterocycles. The normalized spacial score (nSPS) is 9.76. The molecule has 0 aromatic rings. The number of hydrogen-bond acceptors (Lipinski definition) is 4. The molecule has 0 rings (SSSR count). The second-order valence-corrected chi connectivity index (χ2v) is 4.04. The van der Waals surface area contributed by atoms with Crippen LogP contribution in [0.3, 0.4) is 0 Å². The predicted molar refractivity (Wildman–Crippen MR) is 65.6 cm³/mol. The fourth-order valence-corrected chi connectivity index (χ4v) is 1.23. The van der Waals surface area contributed by atoms with Crippen molar-refractivity contribution in [2.45, 2.75) is 52.4 Å². The highest BCUT2D eigenvalue weighted by molar-refractivity contribution is 5.93. The molecule has 0 amide bonds. The molecule has 0 aromatic heterocycles. The van der Waals surface area contributed by atoms with Crippen LogP contribution in [-0.2, 0) is 14.3 Å². The van der Waals surface area contributed by atoms with Crippen molar-refractivity contribution in [2.75, 3.05) is 6.61 Å². The monoisotopic (exact) mass is 242 g/mol. The van der Waals surface area contributed by atoms with Crippen LogP contribution in [0, 0.1) is 0 Å². The number of carbonyl (C=O) groups excluding carboxylic acids is 2. The van der Waals surface area contributed by atoms with Gasteiger partial charge in [0, 0.05) is 5.57 Å². The lowest BCUT2D eigenvalue weighted by molar-refractivity contribution is -0.135. The van der Waals surface area contributed by atoms with E-state index in [-0.39, 0.29) is 5.57 Å². The first kappa shape index (κ1) is 15.7. The minimum atomic E-state index is -0.938. The van der Waals surface area contributed by atoms with E-state index in [0.717, 1.165) is 19.3 Å². The van der Waals surface area contributed by atoms with Gasteiger partial charge in [-0.2, -0.15) is 0 Å². The summed E-state index contributed by atoms with van der Waals surface area (Å²) in [5.74, 6) is -0.738. The molecule has 0 saturated carbocycles. The Labute approximate surface area is 103 Å². The van der Waals surface area contributed by atoms with Gasteiger partial charge in [-0.15, -0.1) is 0 Å². The van der Waals surface area contributed by atoms with Crippen molar-refractivity contribution in [1.82, 2.24) is 0 Å². The van der Waals surface area contributed by atoms with Crippen LogP contribution in [0.15, 0.2) is 12.2 Å². The van der Waals surface area contributed by atoms with Crippen LogP contribution in [0.4, 0.5) is 4.79 Å². The molecule has 0 aliphatic rings. The average Bonchev–Trinajstić information content (AvgIpc) is 2.27. The zero-order valence-electron chi connectivity index (χ0n) is 10.8.